The quantitative estimate of drug-likeness (QED) is 0.699. The number of nitriles is 1. The maximum Gasteiger partial charge on any atom is 0.313 e. The Kier molecular flexibility index (Phi) is 7.04. The second-order valence-electron chi connectivity index (χ2n) is 6.82. The Bertz CT molecular complexity index is 826. The lowest BCUT2D eigenvalue weighted by molar-refractivity contribution is -0.145. The molecule has 0 aromatic heterocycles. The van der Waals surface area contributed by atoms with E-state index in [2.05, 4.69) is 5.32 Å². The Balaban J connectivity index is 1.46. The number of amides is 3. The zero-order valence-electron chi connectivity index (χ0n) is 15.9. The summed E-state index contributed by atoms with van der Waals surface area (Å²) < 4.78 is 5.25. The van der Waals surface area contributed by atoms with Gasteiger partial charge in [-0.15, -0.1) is 0 Å². The van der Waals surface area contributed by atoms with Crippen molar-refractivity contribution in [2.45, 2.75) is 0 Å². The maximum absolute atomic E-state index is 12.4. The van der Waals surface area contributed by atoms with Crippen LogP contribution >= 0.6 is 11.6 Å². The number of carbonyl (C=O) groups is 3. The summed E-state index contributed by atoms with van der Waals surface area (Å²) in [5.41, 5.74) is 0.640. The molecule has 1 N–H and O–H groups in total. The number of anilines is 1. The number of rotatable bonds is 3. The van der Waals surface area contributed by atoms with E-state index < -0.39 is 11.8 Å². The highest BCUT2D eigenvalue weighted by atomic mass is 35.5. The van der Waals surface area contributed by atoms with Crippen LogP contribution < -0.4 is 5.32 Å². The highest BCUT2D eigenvalue weighted by Gasteiger charge is 2.28. The molecule has 154 valence electrons. The predicted octanol–water partition coefficient (Wildman–Crippen LogP) is 0.153. The largest absolute Gasteiger partial charge is 0.378 e. The Hall–Kier alpha value is -2.67. The molecular formula is C19H22ClN5O4. The van der Waals surface area contributed by atoms with Gasteiger partial charge in [-0.1, -0.05) is 11.6 Å². The third kappa shape index (κ3) is 5.44. The van der Waals surface area contributed by atoms with E-state index >= 15 is 0 Å². The van der Waals surface area contributed by atoms with Crippen molar-refractivity contribution in [2.24, 2.45) is 0 Å². The zero-order chi connectivity index (χ0) is 20.8. The van der Waals surface area contributed by atoms with E-state index in [9.17, 15) is 14.4 Å². The molecule has 3 amide bonds. The molecule has 0 spiro atoms. The second-order valence-corrected chi connectivity index (χ2v) is 7.23. The van der Waals surface area contributed by atoms with Crippen LogP contribution in [0.3, 0.4) is 0 Å². The molecule has 0 atom stereocenters. The summed E-state index contributed by atoms with van der Waals surface area (Å²) in [5, 5.41) is 11.6. The number of hydrogen-bond donors (Lipinski definition) is 1. The van der Waals surface area contributed by atoms with E-state index in [1.54, 1.807) is 4.90 Å². The third-order valence-electron chi connectivity index (χ3n) is 4.92. The average Bonchev–Trinajstić information content (AvgIpc) is 2.74. The van der Waals surface area contributed by atoms with Crippen LogP contribution in [0, 0.1) is 11.3 Å². The number of benzene rings is 1. The highest BCUT2D eigenvalue weighted by Crippen LogP contribution is 2.20. The van der Waals surface area contributed by atoms with Crippen molar-refractivity contribution in [3.8, 4) is 6.07 Å². The van der Waals surface area contributed by atoms with Crippen LogP contribution in [-0.4, -0.2) is 91.4 Å². The topological polar surface area (TPSA) is 106 Å². The van der Waals surface area contributed by atoms with Gasteiger partial charge in [0.25, 0.3) is 0 Å². The molecule has 0 bridgehead atoms. The number of nitrogens with zero attached hydrogens (tertiary/aromatic N) is 4. The summed E-state index contributed by atoms with van der Waals surface area (Å²) in [6.07, 6.45) is 0. The van der Waals surface area contributed by atoms with Gasteiger partial charge in [0.1, 0.15) is 6.07 Å². The monoisotopic (exact) mass is 419 g/mol. The first-order valence-electron chi connectivity index (χ1n) is 9.35. The van der Waals surface area contributed by atoms with Gasteiger partial charge in [0.15, 0.2) is 0 Å². The molecule has 1 aromatic carbocycles. The smallest absolute Gasteiger partial charge is 0.313 e. The van der Waals surface area contributed by atoms with Gasteiger partial charge in [-0.25, -0.2) is 0 Å². The van der Waals surface area contributed by atoms with Crippen LogP contribution in [0.15, 0.2) is 18.2 Å². The lowest BCUT2D eigenvalue weighted by atomic mass is 10.2. The summed E-state index contributed by atoms with van der Waals surface area (Å²) in [5.74, 6) is -1.34. The molecule has 0 radical (unpaired) electrons. The summed E-state index contributed by atoms with van der Waals surface area (Å²) in [6, 6.07) is 6.36. The number of hydrogen-bond acceptors (Lipinski definition) is 6. The summed E-state index contributed by atoms with van der Waals surface area (Å²) in [7, 11) is 0. The number of morpholine rings is 1. The van der Waals surface area contributed by atoms with E-state index in [1.165, 1.54) is 23.1 Å². The number of ether oxygens (including phenoxy) is 1. The average molecular weight is 420 g/mol. The van der Waals surface area contributed by atoms with Crippen LogP contribution in [0.5, 0.6) is 0 Å². The van der Waals surface area contributed by atoms with Crippen LogP contribution in [0.2, 0.25) is 5.02 Å². The molecule has 0 unspecified atom stereocenters. The van der Waals surface area contributed by atoms with Crippen molar-refractivity contribution in [1.29, 1.82) is 5.26 Å². The van der Waals surface area contributed by atoms with E-state index in [1.807, 2.05) is 11.0 Å². The molecule has 1 aromatic rings. The fourth-order valence-corrected chi connectivity index (χ4v) is 3.45. The predicted molar refractivity (Wildman–Crippen MR) is 105 cm³/mol. The number of carbonyl (C=O) groups excluding carboxylic acids is 3. The van der Waals surface area contributed by atoms with Crippen molar-refractivity contribution in [1.82, 2.24) is 14.7 Å². The fourth-order valence-electron chi connectivity index (χ4n) is 3.22. The van der Waals surface area contributed by atoms with Crippen molar-refractivity contribution < 1.29 is 19.1 Å². The summed E-state index contributed by atoms with van der Waals surface area (Å²) in [6.45, 7) is 4.44. The molecule has 3 rings (SSSR count). The van der Waals surface area contributed by atoms with Crippen LogP contribution in [0.4, 0.5) is 5.69 Å². The Morgan fingerprint density at radius 1 is 1.07 bits per heavy atom. The molecule has 2 aliphatic heterocycles. The second kappa shape index (κ2) is 9.69. The minimum atomic E-state index is -0.761. The molecule has 2 fully saturated rings. The third-order valence-corrected chi connectivity index (χ3v) is 5.24. The zero-order valence-corrected chi connectivity index (χ0v) is 16.7. The van der Waals surface area contributed by atoms with Gasteiger partial charge in [-0.3, -0.25) is 19.3 Å². The first-order chi connectivity index (χ1) is 14.0. The van der Waals surface area contributed by atoms with Gasteiger partial charge in [0.05, 0.1) is 30.3 Å². The Labute approximate surface area is 173 Å². The molecule has 0 saturated carbocycles. The van der Waals surface area contributed by atoms with Gasteiger partial charge in [-0.05, 0) is 18.2 Å². The normalized spacial score (nSPS) is 17.5. The Morgan fingerprint density at radius 2 is 1.76 bits per heavy atom. The molecule has 10 heteroatoms. The molecule has 29 heavy (non-hydrogen) atoms. The fraction of sp³-hybridized carbons (Fsp3) is 0.474. The molecule has 2 heterocycles. The van der Waals surface area contributed by atoms with Gasteiger partial charge in [0.2, 0.25) is 5.91 Å². The standard InChI is InChI=1S/C19H22ClN5O4/c20-16-11-15(2-1-14(16)12-21)22-18(27)19(28)25-5-3-23(4-6-25)13-17(26)24-7-9-29-10-8-24/h1-2,11H,3-10,13H2,(H,22,27). The number of piperazine rings is 1. The van der Waals surface area contributed by atoms with Crippen LogP contribution in [-0.2, 0) is 19.1 Å². The lowest BCUT2D eigenvalue weighted by Gasteiger charge is -2.35. The number of halogens is 1. The van der Waals surface area contributed by atoms with Crippen LogP contribution in [0.1, 0.15) is 5.56 Å². The first-order valence-corrected chi connectivity index (χ1v) is 9.73. The SMILES string of the molecule is N#Cc1ccc(NC(=O)C(=O)N2CCN(CC(=O)N3CCOCC3)CC2)cc1Cl. The number of nitrogens with one attached hydrogen (secondary N) is 1. The van der Waals surface area contributed by atoms with Gasteiger partial charge < -0.3 is 19.9 Å². The first kappa shape index (κ1) is 21.0. The van der Waals surface area contributed by atoms with E-state index in [-0.39, 0.29) is 10.9 Å². The van der Waals surface area contributed by atoms with E-state index in [0.29, 0.717) is 70.3 Å². The van der Waals surface area contributed by atoms with E-state index in [0.717, 1.165) is 0 Å². The van der Waals surface area contributed by atoms with Gasteiger partial charge >= 0.3 is 11.8 Å². The molecule has 2 saturated heterocycles. The summed E-state index contributed by atoms with van der Waals surface area (Å²) >= 11 is 5.94. The molecule has 9 nitrogen and oxygen atoms in total. The minimum Gasteiger partial charge on any atom is -0.378 e. The van der Waals surface area contributed by atoms with E-state index in [4.69, 9.17) is 21.6 Å². The summed E-state index contributed by atoms with van der Waals surface area (Å²) in [4.78, 5) is 42.2. The van der Waals surface area contributed by atoms with Crippen molar-refractivity contribution in [3.05, 3.63) is 28.8 Å². The molecule has 2 aliphatic rings. The van der Waals surface area contributed by atoms with Crippen molar-refractivity contribution in [2.75, 3.05) is 64.3 Å². The van der Waals surface area contributed by atoms with Gasteiger partial charge in [-0.2, -0.15) is 5.26 Å². The van der Waals surface area contributed by atoms with Crippen LogP contribution in [0.25, 0.3) is 0 Å². The minimum absolute atomic E-state index is 0.0588. The highest BCUT2D eigenvalue weighted by molar-refractivity contribution is 6.39. The van der Waals surface area contributed by atoms with Crippen molar-refractivity contribution >= 4 is 35.0 Å². The van der Waals surface area contributed by atoms with Gasteiger partial charge in [0, 0.05) is 45.0 Å². The Morgan fingerprint density at radius 3 is 2.38 bits per heavy atom. The maximum atomic E-state index is 12.4. The molecule has 0 aliphatic carbocycles. The molecular weight excluding hydrogens is 398 g/mol. The lowest BCUT2D eigenvalue weighted by Crippen LogP contribution is -2.54. The van der Waals surface area contributed by atoms with Crippen molar-refractivity contribution in [3.63, 3.8) is 0 Å².